The lowest BCUT2D eigenvalue weighted by Crippen LogP contribution is -1.93. The zero-order valence-electron chi connectivity index (χ0n) is 9.76. The molecule has 0 aromatic heterocycles. The number of nitrogens with zero attached hydrogens (tertiary/aromatic N) is 1. The molecular formula is C15H14NO. The SMILES string of the molecule is [CH2]C(=Nc1ccc(OC)cc1)c1ccccc1. The molecule has 0 saturated heterocycles. The van der Waals surface area contributed by atoms with E-state index in [9.17, 15) is 0 Å². The van der Waals surface area contributed by atoms with Crippen molar-refractivity contribution in [1.82, 2.24) is 0 Å². The number of benzene rings is 2. The number of methoxy groups -OCH3 is 1. The summed E-state index contributed by atoms with van der Waals surface area (Å²) in [5.74, 6) is 0.828. The molecule has 2 nitrogen and oxygen atoms in total. The van der Waals surface area contributed by atoms with Gasteiger partial charge in [-0.3, -0.25) is 4.99 Å². The second kappa shape index (κ2) is 5.30. The lowest BCUT2D eigenvalue weighted by Gasteiger charge is -2.02. The summed E-state index contributed by atoms with van der Waals surface area (Å²) in [6.07, 6.45) is 0. The highest BCUT2D eigenvalue weighted by atomic mass is 16.5. The maximum Gasteiger partial charge on any atom is 0.119 e. The maximum absolute atomic E-state index is 5.09. The standard InChI is InChI=1S/C15H14NO/c1-12(13-6-4-3-5-7-13)16-14-8-10-15(17-2)11-9-14/h3-11H,1H2,2H3. The summed E-state index contributed by atoms with van der Waals surface area (Å²) in [4.78, 5) is 4.45. The molecule has 0 bridgehead atoms. The predicted molar refractivity (Wildman–Crippen MR) is 71.0 cm³/mol. The molecule has 2 rings (SSSR count). The molecular weight excluding hydrogens is 210 g/mol. The monoisotopic (exact) mass is 224 g/mol. The van der Waals surface area contributed by atoms with E-state index in [0.717, 1.165) is 22.7 Å². The van der Waals surface area contributed by atoms with Crippen LogP contribution in [0.1, 0.15) is 5.56 Å². The van der Waals surface area contributed by atoms with Crippen LogP contribution in [-0.2, 0) is 0 Å². The van der Waals surface area contributed by atoms with Crippen molar-refractivity contribution in [3.05, 3.63) is 67.1 Å². The molecule has 0 unspecified atom stereocenters. The van der Waals surface area contributed by atoms with Crippen LogP contribution in [0.4, 0.5) is 5.69 Å². The van der Waals surface area contributed by atoms with E-state index in [1.807, 2.05) is 54.6 Å². The van der Waals surface area contributed by atoms with Crippen molar-refractivity contribution in [2.45, 2.75) is 0 Å². The molecule has 85 valence electrons. The molecule has 0 saturated carbocycles. The lowest BCUT2D eigenvalue weighted by molar-refractivity contribution is 0.415. The Morgan fingerprint density at radius 1 is 1.00 bits per heavy atom. The largest absolute Gasteiger partial charge is 0.497 e. The fourth-order valence-corrected chi connectivity index (χ4v) is 1.51. The summed E-state index contributed by atoms with van der Waals surface area (Å²) in [5.41, 5.74) is 2.67. The summed E-state index contributed by atoms with van der Waals surface area (Å²) in [6, 6.07) is 17.5. The Morgan fingerprint density at radius 3 is 2.24 bits per heavy atom. The molecule has 1 radical (unpaired) electrons. The van der Waals surface area contributed by atoms with Crippen molar-refractivity contribution in [3.63, 3.8) is 0 Å². The summed E-state index contributed by atoms with van der Waals surface area (Å²) < 4.78 is 5.09. The third kappa shape index (κ3) is 2.94. The van der Waals surface area contributed by atoms with Crippen LogP contribution in [0.2, 0.25) is 0 Å². The van der Waals surface area contributed by atoms with Crippen molar-refractivity contribution in [2.24, 2.45) is 4.99 Å². The minimum atomic E-state index is 0.760. The molecule has 0 aliphatic rings. The van der Waals surface area contributed by atoms with E-state index >= 15 is 0 Å². The van der Waals surface area contributed by atoms with Crippen LogP contribution in [-0.4, -0.2) is 12.8 Å². The van der Waals surface area contributed by atoms with Gasteiger partial charge in [-0.15, -0.1) is 0 Å². The van der Waals surface area contributed by atoms with Crippen LogP contribution in [0.5, 0.6) is 5.75 Å². The highest BCUT2D eigenvalue weighted by Gasteiger charge is 1.97. The van der Waals surface area contributed by atoms with Gasteiger partial charge in [0, 0.05) is 5.71 Å². The third-order valence-electron chi connectivity index (χ3n) is 2.44. The van der Waals surface area contributed by atoms with E-state index < -0.39 is 0 Å². The van der Waals surface area contributed by atoms with Gasteiger partial charge in [-0.2, -0.15) is 0 Å². The molecule has 0 heterocycles. The van der Waals surface area contributed by atoms with E-state index in [4.69, 9.17) is 4.74 Å². The highest BCUT2D eigenvalue weighted by molar-refractivity contribution is 6.05. The first-order valence-electron chi connectivity index (χ1n) is 5.40. The Morgan fingerprint density at radius 2 is 1.65 bits per heavy atom. The van der Waals surface area contributed by atoms with Crippen LogP contribution in [0.15, 0.2) is 59.6 Å². The Hall–Kier alpha value is -2.09. The van der Waals surface area contributed by atoms with Crippen LogP contribution >= 0.6 is 0 Å². The number of aliphatic imine (C=N–C) groups is 1. The van der Waals surface area contributed by atoms with Gasteiger partial charge < -0.3 is 4.74 Å². The quantitative estimate of drug-likeness (QED) is 0.729. The zero-order valence-corrected chi connectivity index (χ0v) is 9.76. The predicted octanol–water partition coefficient (Wildman–Crippen LogP) is 3.65. The Bertz CT molecular complexity index is 500. The summed E-state index contributed by atoms with van der Waals surface area (Å²) >= 11 is 0. The average molecular weight is 224 g/mol. The number of hydrogen-bond donors (Lipinski definition) is 0. The van der Waals surface area contributed by atoms with Gasteiger partial charge in [-0.25, -0.2) is 0 Å². The van der Waals surface area contributed by atoms with E-state index in [1.165, 1.54) is 0 Å². The van der Waals surface area contributed by atoms with Gasteiger partial charge in [0.1, 0.15) is 5.75 Å². The van der Waals surface area contributed by atoms with Gasteiger partial charge in [0.25, 0.3) is 0 Å². The molecule has 0 spiro atoms. The number of rotatable bonds is 3. The smallest absolute Gasteiger partial charge is 0.119 e. The molecule has 0 aliphatic carbocycles. The normalized spacial score (nSPS) is 11.3. The van der Waals surface area contributed by atoms with Gasteiger partial charge in [0.05, 0.1) is 12.8 Å². The van der Waals surface area contributed by atoms with Gasteiger partial charge in [0.15, 0.2) is 0 Å². The lowest BCUT2D eigenvalue weighted by atomic mass is 10.1. The fraction of sp³-hybridized carbons (Fsp3) is 0.0667. The van der Waals surface area contributed by atoms with Crippen molar-refractivity contribution >= 4 is 11.4 Å². The van der Waals surface area contributed by atoms with Crippen LogP contribution in [0.25, 0.3) is 0 Å². The van der Waals surface area contributed by atoms with Gasteiger partial charge in [-0.1, -0.05) is 30.3 Å². The molecule has 0 amide bonds. The van der Waals surface area contributed by atoms with Gasteiger partial charge >= 0.3 is 0 Å². The van der Waals surface area contributed by atoms with Crippen LogP contribution in [0, 0.1) is 6.92 Å². The van der Waals surface area contributed by atoms with Crippen molar-refractivity contribution in [3.8, 4) is 5.75 Å². The van der Waals surface area contributed by atoms with E-state index in [1.54, 1.807) is 7.11 Å². The third-order valence-corrected chi connectivity index (χ3v) is 2.44. The van der Waals surface area contributed by atoms with E-state index in [-0.39, 0.29) is 0 Å². The second-order valence-electron chi connectivity index (χ2n) is 3.62. The maximum atomic E-state index is 5.09. The fourth-order valence-electron chi connectivity index (χ4n) is 1.51. The van der Waals surface area contributed by atoms with Crippen LogP contribution < -0.4 is 4.74 Å². The zero-order chi connectivity index (χ0) is 12.1. The number of hydrogen-bond acceptors (Lipinski definition) is 2. The first-order valence-corrected chi connectivity index (χ1v) is 5.40. The molecule has 0 N–H and O–H groups in total. The molecule has 2 aromatic rings. The second-order valence-corrected chi connectivity index (χ2v) is 3.62. The first-order chi connectivity index (χ1) is 8.29. The van der Waals surface area contributed by atoms with Crippen molar-refractivity contribution in [1.29, 1.82) is 0 Å². The van der Waals surface area contributed by atoms with Crippen LogP contribution in [0.3, 0.4) is 0 Å². The minimum Gasteiger partial charge on any atom is -0.497 e. The summed E-state index contributed by atoms with van der Waals surface area (Å²) in [5, 5.41) is 0. The molecule has 0 atom stereocenters. The Labute approximate surface area is 102 Å². The first kappa shape index (κ1) is 11.4. The van der Waals surface area contributed by atoms with Crippen molar-refractivity contribution in [2.75, 3.05) is 7.11 Å². The summed E-state index contributed by atoms with van der Waals surface area (Å²) in [6.45, 7) is 3.96. The minimum absolute atomic E-state index is 0.760. The molecule has 0 aliphatic heterocycles. The number of ether oxygens (including phenoxy) is 1. The van der Waals surface area contributed by atoms with E-state index in [0.29, 0.717) is 0 Å². The van der Waals surface area contributed by atoms with Gasteiger partial charge in [0.2, 0.25) is 0 Å². The van der Waals surface area contributed by atoms with E-state index in [2.05, 4.69) is 11.9 Å². The topological polar surface area (TPSA) is 21.6 Å². The molecule has 17 heavy (non-hydrogen) atoms. The average Bonchev–Trinajstić information content (AvgIpc) is 2.40. The Kier molecular flexibility index (Phi) is 3.55. The molecule has 0 fully saturated rings. The highest BCUT2D eigenvalue weighted by Crippen LogP contribution is 2.18. The molecule has 2 heteroatoms. The molecule has 2 aromatic carbocycles. The Balaban J connectivity index is 2.23. The summed E-state index contributed by atoms with van der Waals surface area (Å²) in [7, 11) is 1.65. The van der Waals surface area contributed by atoms with Gasteiger partial charge in [-0.05, 0) is 36.8 Å². The van der Waals surface area contributed by atoms with Crippen molar-refractivity contribution < 1.29 is 4.74 Å².